The number of carbonyl (C=O) groups excluding carboxylic acids is 13. The van der Waals surface area contributed by atoms with Crippen molar-refractivity contribution in [3.8, 4) is 5.75 Å². The summed E-state index contributed by atoms with van der Waals surface area (Å²) in [6, 6.07) is 8.57. The first-order valence-corrected chi connectivity index (χ1v) is 37.1. The molecule has 1 saturated heterocycles. The molecule has 2 aromatic carbocycles. The van der Waals surface area contributed by atoms with Crippen LogP contribution < -0.4 is 53.6 Å². The van der Waals surface area contributed by atoms with Gasteiger partial charge in [-0.25, -0.2) is 14.6 Å². The highest BCUT2D eigenvalue weighted by Crippen LogP contribution is 2.32. The third-order valence-corrected chi connectivity index (χ3v) is 18.7. The second-order valence-electron chi connectivity index (χ2n) is 27.8. The number of phenols is 1. The Morgan fingerprint density at radius 3 is 1.96 bits per heavy atom. The molecule has 586 valence electrons. The normalized spacial score (nSPS) is 15.8. The number of aryl methyl sites for hydroxylation is 1. The van der Waals surface area contributed by atoms with E-state index in [0.29, 0.717) is 42.1 Å². The van der Waals surface area contributed by atoms with Crippen LogP contribution in [-0.4, -0.2) is 198 Å². The Bertz CT molecular complexity index is 3420. The first-order chi connectivity index (χ1) is 50.1. The molecule has 2 aliphatic rings. The van der Waals surface area contributed by atoms with Gasteiger partial charge >= 0.3 is 24.1 Å². The number of benzene rings is 2. The second kappa shape index (κ2) is 45.7. The Kier molecular flexibility index (Phi) is 38.3. The smallest absolute Gasteiger partial charge is 0.407 e. The highest BCUT2D eigenvalue weighted by molar-refractivity contribution is 7.09. The van der Waals surface area contributed by atoms with Crippen LogP contribution in [0.1, 0.15) is 163 Å². The van der Waals surface area contributed by atoms with Crippen LogP contribution in [0.4, 0.5) is 21.0 Å². The maximum atomic E-state index is 14.5. The first kappa shape index (κ1) is 88.8. The molecule has 0 radical (unpaired) electrons. The molecule has 5 rings (SSSR count). The summed E-state index contributed by atoms with van der Waals surface area (Å²) in [5.41, 5.74) is 7.73. The van der Waals surface area contributed by atoms with Gasteiger partial charge in [-0.3, -0.25) is 62.5 Å². The minimum Gasteiger partial charge on any atom is -0.508 e. The molecular formula is C74H112N14O17S. The molecule has 3 heterocycles. The van der Waals surface area contributed by atoms with Crippen LogP contribution in [0.5, 0.6) is 5.75 Å². The molecule has 2 aliphatic heterocycles. The molecule has 9 atom stereocenters. The number of likely N-dealkylation sites (N-methyl/N-ethyl adjacent to an activating group) is 1. The zero-order chi connectivity index (χ0) is 78.7. The van der Waals surface area contributed by atoms with Crippen molar-refractivity contribution in [3.63, 3.8) is 0 Å². The fourth-order valence-electron chi connectivity index (χ4n) is 11.7. The summed E-state index contributed by atoms with van der Waals surface area (Å²) in [5, 5.41) is 37.1. The highest BCUT2D eigenvalue weighted by atomic mass is 32.1. The summed E-state index contributed by atoms with van der Waals surface area (Å²) >= 11 is 1.40. The third-order valence-electron chi connectivity index (χ3n) is 17.7. The number of aromatic hydroxyl groups is 1. The number of esters is 2. The van der Waals surface area contributed by atoms with Gasteiger partial charge < -0.3 is 77.8 Å². The van der Waals surface area contributed by atoms with E-state index < -0.39 is 89.8 Å². The van der Waals surface area contributed by atoms with E-state index in [1.165, 1.54) is 25.2 Å². The summed E-state index contributed by atoms with van der Waals surface area (Å²) in [6.45, 7) is 22.5. The van der Waals surface area contributed by atoms with Crippen molar-refractivity contribution in [1.29, 1.82) is 0 Å². The van der Waals surface area contributed by atoms with Gasteiger partial charge in [0, 0.05) is 112 Å². The lowest BCUT2D eigenvalue weighted by Crippen LogP contribution is -2.59. The van der Waals surface area contributed by atoms with Crippen molar-refractivity contribution in [1.82, 2.24) is 56.9 Å². The predicted molar refractivity (Wildman–Crippen MR) is 399 cm³/mol. The number of ether oxygens (including phenoxy) is 3. The summed E-state index contributed by atoms with van der Waals surface area (Å²) in [7, 11) is 1.94. The minimum absolute atomic E-state index is 0.00500. The maximum Gasteiger partial charge on any atom is 0.407 e. The molecule has 106 heavy (non-hydrogen) atoms. The standard InChI is InChI=1S/C43H60N10O11.C31H52N4O6S/c1-26(2)38(46-19-20-48-43(63)64-23-21-45-35(56)17-22-53-36(57)15-16-37(53)58)41(61)52-34(6-5-18-47-42(44)62)40(60)51-31-11-9-30(10-12-31)50-39(59)27(3)24-32(49-28(4)54)25-29-7-13-33(55)14-8-29;1-10-21(6)28(33-29(38)24-13-11-12-14-34(24)9)31(39)35(18-40-27(37)15-19(2)3)25(20(4)5)16-26(41-23(8)36)30-32-22(7)17-42-30/h7-16,26-27,32,34,38,46,55H,5-6,17-25H2,1-4H3,(H,45,56)(H,48,63)(H,49,54)(H,50,59)(H,51,60)(H,52,61)(H3,44,47,62);17,19-21,24-26,28H,10-16,18H2,1-9H3,(H,33,38)/t27?,32?,34-,38-;/m0./s1. The number of amides is 12. The predicted octanol–water partition coefficient (Wildman–Crippen LogP) is 5.61. The second-order valence-corrected chi connectivity index (χ2v) is 28.7. The molecule has 31 nitrogen and oxygen atoms in total. The average Bonchev–Trinajstić information content (AvgIpc) is 1.03. The van der Waals surface area contributed by atoms with Crippen molar-refractivity contribution in [2.75, 3.05) is 70.3 Å². The van der Waals surface area contributed by atoms with Gasteiger partial charge in [0.1, 0.15) is 29.4 Å². The number of rotatable bonds is 41. The molecule has 1 fully saturated rings. The summed E-state index contributed by atoms with van der Waals surface area (Å²) in [4.78, 5) is 172. The number of thiazole rings is 1. The van der Waals surface area contributed by atoms with E-state index in [4.69, 9.17) is 19.9 Å². The van der Waals surface area contributed by atoms with E-state index in [2.05, 4.69) is 52.8 Å². The van der Waals surface area contributed by atoms with Crippen LogP contribution in [0.2, 0.25) is 0 Å². The van der Waals surface area contributed by atoms with Crippen molar-refractivity contribution in [3.05, 3.63) is 82.3 Å². The zero-order valence-electron chi connectivity index (χ0n) is 63.5. The maximum absolute atomic E-state index is 14.5. The molecule has 7 unspecified atom stereocenters. The van der Waals surface area contributed by atoms with Gasteiger partial charge in [0.25, 0.3) is 11.8 Å². The Balaban J connectivity index is 0.000000489. The molecule has 0 aliphatic carbocycles. The zero-order valence-corrected chi connectivity index (χ0v) is 64.3. The number of nitrogens with two attached hydrogens (primary N) is 1. The number of carbonyl (C=O) groups is 13. The number of imide groups is 1. The monoisotopic (exact) mass is 1500 g/mol. The number of nitrogens with one attached hydrogen (secondary N) is 9. The van der Waals surface area contributed by atoms with Crippen LogP contribution in [0.3, 0.4) is 0 Å². The van der Waals surface area contributed by atoms with E-state index in [0.717, 1.165) is 54.1 Å². The fraction of sp³-hybridized carbons (Fsp3) is 0.595. The van der Waals surface area contributed by atoms with Gasteiger partial charge in [-0.1, -0.05) is 87.3 Å². The molecule has 1 aromatic heterocycles. The average molecular weight is 1500 g/mol. The number of piperidine rings is 1. The molecule has 0 spiro atoms. The number of alkyl carbamates (subject to hydrolysis) is 1. The van der Waals surface area contributed by atoms with Crippen molar-refractivity contribution >= 4 is 99.9 Å². The van der Waals surface area contributed by atoms with Gasteiger partial charge in [0.2, 0.25) is 41.4 Å². The number of phenolic OH excluding ortho intramolecular Hbond substituents is 1. The number of aromatic nitrogens is 1. The Morgan fingerprint density at radius 2 is 1.40 bits per heavy atom. The van der Waals surface area contributed by atoms with E-state index >= 15 is 0 Å². The number of hydrogen-bond donors (Lipinski definition) is 11. The van der Waals surface area contributed by atoms with Crippen LogP contribution in [0.15, 0.2) is 66.1 Å². The Labute approximate surface area is 625 Å². The van der Waals surface area contributed by atoms with E-state index in [1.54, 1.807) is 74.2 Å². The Morgan fingerprint density at radius 1 is 0.745 bits per heavy atom. The number of primary amides is 1. The summed E-state index contributed by atoms with van der Waals surface area (Å²) < 4.78 is 16.4. The number of likely N-dealkylation sites (tertiary alicyclic amines) is 1. The van der Waals surface area contributed by atoms with Gasteiger partial charge in [-0.05, 0) is 125 Å². The van der Waals surface area contributed by atoms with E-state index in [9.17, 15) is 67.4 Å². The number of urea groups is 1. The molecule has 32 heteroatoms. The highest BCUT2D eigenvalue weighted by Gasteiger charge is 2.40. The van der Waals surface area contributed by atoms with Crippen LogP contribution in [0, 0.1) is 36.5 Å². The van der Waals surface area contributed by atoms with Crippen LogP contribution >= 0.6 is 11.3 Å². The van der Waals surface area contributed by atoms with Gasteiger partial charge in [-0.2, -0.15) is 0 Å². The van der Waals surface area contributed by atoms with Crippen LogP contribution in [-0.2, 0) is 73.4 Å². The van der Waals surface area contributed by atoms with E-state index in [-0.39, 0.29) is 137 Å². The molecule has 12 N–H and O–H groups in total. The molecule has 0 bridgehead atoms. The van der Waals surface area contributed by atoms with E-state index in [1.807, 2.05) is 65.8 Å². The largest absolute Gasteiger partial charge is 0.508 e. The van der Waals surface area contributed by atoms with Gasteiger partial charge in [0.05, 0.1) is 18.6 Å². The first-order valence-electron chi connectivity index (χ1n) is 36.3. The quantitative estimate of drug-likeness (QED) is 0.0108. The molecule has 12 amide bonds. The van der Waals surface area contributed by atoms with Gasteiger partial charge in [-0.15, -0.1) is 11.3 Å². The minimum atomic E-state index is -1.03. The lowest BCUT2D eigenvalue weighted by molar-refractivity contribution is -0.161. The fourth-order valence-corrected chi connectivity index (χ4v) is 12.6. The summed E-state index contributed by atoms with van der Waals surface area (Å²) in [6.07, 6.45) is 5.88. The molecular weight excluding hydrogens is 1390 g/mol. The van der Waals surface area contributed by atoms with Crippen molar-refractivity contribution in [2.24, 2.45) is 35.3 Å². The lowest BCUT2D eigenvalue weighted by Gasteiger charge is -2.39. The van der Waals surface area contributed by atoms with Gasteiger partial charge in [0.15, 0.2) is 12.8 Å². The molecule has 3 aromatic rings. The summed E-state index contributed by atoms with van der Waals surface area (Å²) in [5.74, 6) is -5.01. The number of hydrogen-bond acceptors (Lipinski definition) is 21. The van der Waals surface area contributed by atoms with Crippen molar-refractivity contribution < 1.29 is 81.6 Å². The Hall–Kier alpha value is -9.56. The van der Waals surface area contributed by atoms with Crippen molar-refractivity contribution in [2.45, 2.75) is 196 Å². The number of anilines is 2. The van der Waals surface area contributed by atoms with Crippen LogP contribution in [0.25, 0.3) is 0 Å². The lowest BCUT2D eigenvalue weighted by atomic mass is 9.92. The topological polar surface area (TPSA) is 427 Å². The number of nitrogens with zero attached hydrogens (tertiary/aromatic N) is 4. The molecule has 0 saturated carbocycles. The SMILES string of the molecule is CC(=O)NC(Cc1ccc(O)cc1)CC(C)C(=O)Nc1ccc(NC(=O)[C@H](CCCNC(N)=O)NC(=O)[C@@H](NCCNC(=O)OCCNC(=O)CCN2C(=O)C=CC2=O)C(C)C)cc1.CCC(C)C(NC(=O)C1CCCCN1C)C(=O)N(COC(=O)CC(C)C)C(CC(OC(C)=O)c1nc(C)cs1)C(C)C. The third kappa shape index (κ3) is 32.0.